The second kappa shape index (κ2) is 6.61. The molecular weight excluding hydrogens is 240 g/mol. The van der Waals surface area contributed by atoms with E-state index in [2.05, 4.69) is 52.5 Å². The van der Waals surface area contributed by atoms with E-state index in [-0.39, 0.29) is 0 Å². The molecule has 0 aromatic heterocycles. The van der Waals surface area contributed by atoms with Crippen LogP contribution in [0.2, 0.25) is 0 Å². The van der Waals surface area contributed by atoms with Crippen LogP contribution in [0.25, 0.3) is 0 Å². The zero-order valence-corrected chi connectivity index (χ0v) is 13.7. The van der Waals surface area contributed by atoms with E-state index in [1.165, 1.54) is 43.3 Å². The lowest BCUT2D eigenvalue weighted by molar-refractivity contribution is 0.473. The lowest BCUT2D eigenvalue weighted by atomic mass is 9.59. The van der Waals surface area contributed by atoms with Crippen molar-refractivity contribution in [3.63, 3.8) is 0 Å². The Labute approximate surface area is 125 Å². The minimum Gasteiger partial charge on any atom is -0.0949 e. The van der Waals surface area contributed by atoms with Gasteiger partial charge in [0.2, 0.25) is 0 Å². The third kappa shape index (κ3) is 2.85. The topological polar surface area (TPSA) is 0 Å². The van der Waals surface area contributed by atoms with E-state index in [0.29, 0.717) is 11.8 Å². The van der Waals surface area contributed by atoms with Crippen molar-refractivity contribution in [1.82, 2.24) is 0 Å². The van der Waals surface area contributed by atoms with Gasteiger partial charge in [-0.1, -0.05) is 69.6 Å². The molecule has 0 saturated heterocycles. The highest BCUT2D eigenvalue weighted by Crippen LogP contribution is 2.53. The van der Waals surface area contributed by atoms with Crippen molar-refractivity contribution in [2.24, 2.45) is 17.8 Å². The third-order valence-corrected chi connectivity index (χ3v) is 5.44. The number of hydrogen-bond acceptors (Lipinski definition) is 0. The van der Waals surface area contributed by atoms with Crippen molar-refractivity contribution in [3.05, 3.63) is 47.1 Å². The van der Waals surface area contributed by atoms with Crippen LogP contribution >= 0.6 is 0 Å². The largest absolute Gasteiger partial charge is 0.0949 e. The van der Waals surface area contributed by atoms with Crippen molar-refractivity contribution in [3.8, 4) is 0 Å². The predicted octanol–water partition coefficient (Wildman–Crippen LogP) is 6.23. The first-order valence-electron chi connectivity index (χ1n) is 8.36. The van der Waals surface area contributed by atoms with Crippen LogP contribution in [-0.4, -0.2) is 0 Å². The van der Waals surface area contributed by atoms with Gasteiger partial charge in [-0.05, 0) is 43.3 Å². The van der Waals surface area contributed by atoms with E-state index in [1.54, 1.807) is 11.1 Å². The molecule has 3 aliphatic carbocycles. The summed E-state index contributed by atoms with van der Waals surface area (Å²) in [5.74, 6) is 2.26. The lowest BCUT2D eigenvalue weighted by Crippen LogP contribution is -2.34. The molecule has 2 bridgehead atoms. The number of hydrogen-bond donors (Lipinski definition) is 0. The van der Waals surface area contributed by atoms with Gasteiger partial charge in [-0.25, -0.2) is 0 Å². The average Bonchev–Trinajstić information content (AvgIpc) is 2.44. The van der Waals surface area contributed by atoms with Crippen LogP contribution in [-0.2, 0) is 0 Å². The van der Waals surface area contributed by atoms with Gasteiger partial charge in [-0.2, -0.15) is 0 Å². The Bertz CT molecular complexity index is 448. The molecule has 0 amide bonds. The summed E-state index contributed by atoms with van der Waals surface area (Å²) in [6.07, 6.45) is 13.5. The quantitative estimate of drug-likeness (QED) is 0.533. The van der Waals surface area contributed by atoms with Crippen LogP contribution in [0.3, 0.4) is 0 Å². The molecular formula is C20H30. The second-order valence-corrected chi connectivity index (χ2v) is 6.60. The molecule has 1 unspecified atom stereocenters. The summed E-state index contributed by atoms with van der Waals surface area (Å²) in [4.78, 5) is 0. The molecule has 0 N–H and O–H groups in total. The van der Waals surface area contributed by atoms with Gasteiger partial charge in [0, 0.05) is 11.8 Å². The Balaban J connectivity index is 0.000000212. The van der Waals surface area contributed by atoms with Crippen LogP contribution in [0.5, 0.6) is 0 Å². The first kappa shape index (κ1) is 15.4. The predicted molar refractivity (Wildman–Crippen MR) is 89.6 cm³/mol. The summed E-state index contributed by atoms with van der Waals surface area (Å²) >= 11 is 0. The maximum atomic E-state index is 4.14. The molecule has 20 heavy (non-hydrogen) atoms. The van der Waals surface area contributed by atoms with E-state index in [9.17, 15) is 0 Å². The Morgan fingerprint density at radius 2 is 1.95 bits per heavy atom. The fraction of sp³-hybridized carbons (Fsp3) is 0.600. The molecule has 3 aliphatic rings. The van der Waals surface area contributed by atoms with Gasteiger partial charge >= 0.3 is 0 Å². The molecule has 0 radical (unpaired) electrons. The standard InChI is InChI=1S/C14H16.C6H14/c1-9(11-5-3-6-11)14-12-7-4-8-13(14)10(12)2;1-4-6(3)5-2/h4,7-8,12,14H,2-3,5-6H2,1H3;6H,4-5H2,1-3H3/t12-,14?;/m0./s1. The summed E-state index contributed by atoms with van der Waals surface area (Å²) < 4.78 is 0. The number of rotatable bonds is 3. The molecule has 0 aromatic rings. The van der Waals surface area contributed by atoms with Gasteiger partial charge in [0.05, 0.1) is 0 Å². The van der Waals surface area contributed by atoms with E-state index in [1.807, 2.05) is 0 Å². The SMILES string of the molecule is C=C1C2=CC=C[C@@H]1C2C(C)=C1CCC1.CCC(C)CC. The molecule has 2 saturated carbocycles. The van der Waals surface area contributed by atoms with Gasteiger partial charge in [0.15, 0.2) is 0 Å². The van der Waals surface area contributed by atoms with E-state index < -0.39 is 0 Å². The number of fused-ring (bicyclic) bond motifs is 2. The highest BCUT2D eigenvalue weighted by molar-refractivity contribution is 5.57. The molecule has 3 rings (SSSR count). The van der Waals surface area contributed by atoms with Crippen molar-refractivity contribution in [1.29, 1.82) is 0 Å². The van der Waals surface area contributed by atoms with Gasteiger partial charge in [-0.15, -0.1) is 0 Å². The fourth-order valence-electron chi connectivity index (χ4n) is 3.17. The van der Waals surface area contributed by atoms with Gasteiger partial charge in [0.1, 0.15) is 0 Å². The second-order valence-electron chi connectivity index (χ2n) is 6.60. The average molecular weight is 270 g/mol. The molecule has 110 valence electrons. The van der Waals surface area contributed by atoms with Crippen molar-refractivity contribution < 1.29 is 0 Å². The molecule has 0 nitrogen and oxygen atoms in total. The maximum absolute atomic E-state index is 4.14. The van der Waals surface area contributed by atoms with Crippen LogP contribution in [0, 0.1) is 17.8 Å². The number of allylic oxidation sites excluding steroid dienone is 7. The minimum atomic E-state index is 0.628. The van der Waals surface area contributed by atoms with E-state index >= 15 is 0 Å². The van der Waals surface area contributed by atoms with Gasteiger partial charge < -0.3 is 0 Å². The first-order valence-corrected chi connectivity index (χ1v) is 8.36. The summed E-state index contributed by atoms with van der Waals surface area (Å²) in [5, 5.41) is 0. The molecule has 0 spiro atoms. The van der Waals surface area contributed by atoms with Crippen molar-refractivity contribution in [2.75, 3.05) is 0 Å². The van der Waals surface area contributed by atoms with Gasteiger partial charge in [-0.3, -0.25) is 0 Å². The smallest absolute Gasteiger partial charge is 0.0154 e. The molecule has 0 aromatic carbocycles. The molecule has 2 atom stereocenters. The Kier molecular flexibility index (Phi) is 5.07. The highest BCUT2D eigenvalue weighted by Gasteiger charge is 2.41. The highest BCUT2D eigenvalue weighted by atomic mass is 14.4. The monoisotopic (exact) mass is 270 g/mol. The van der Waals surface area contributed by atoms with Gasteiger partial charge in [0.25, 0.3) is 0 Å². The summed E-state index contributed by atoms with van der Waals surface area (Å²) in [6, 6.07) is 0. The summed E-state index contributed by atoms with van der Waals surface area (Å²) in [5.41, 5.74) is 6.21. The first-order chi connectivity index (χ1) is 9.60. The van der Waals surface area contributed by atoms with Crippen LogP contribution in [0.1, 0.15) is 59.8 Å². The Morgan fingerprint density at radius 1 is 1.30 bits per heavy atom. The van der Waals surface area contributed by atoms with E-state index in [4.69, 9.17) is 0 Å². The molecule has 0 heterocycles. The zero-order valence-electron chi connectivity index (χ0n) is 13.7. The fourth-order valence-corrected chi connectivity index (χ4v) is 3.17. The van der Waals surface area contributed by atoms with Crippen LogP contribution < -0.4 is 0 Å². The van der Waals surface area contributed by atoms with E-state index in [0.717, 1.165) is 5.92 Å². The molecule has 0 aliphatic heterocycles. The van der Waals surface area contributed by atoms with Crippen LogP contribution in [0.15, 0.2) is 47.1 Å². The molecule has 0 heteroatoms. The normalized spacial score (nSPS) is 26.4. The Hall–Kier alpha value is -1.04. The summed E-state index contributed by atoms with van der Waals surface area (Å²) in [7, 11) is 0. The lowest BCUT2D eigenvalue weighted by Gasteiger charge is -2.45. The van der Waals surface area contributed by atoms with Crippen molar-refractivity contribution in [2.45, 2.75) is 59.8 Å². The minimum absolute atomic E-state index is 0.628. The third-order valence-electron chi connectivity index (χ3n) is 5.44. The Morgan fingerprint density at radius 3 is 2.25 bits per heavy atom. The van der Waals surface area contributed by atoms with Crippen LogP contribution in [0.4, 0.5) is 0 Å². The summed E-state index contributed by atoms with van der Waals surface area (Å²) in [6.45, 7) is 13.2. The maximum Gasteiger partial charge on any atom is 0.0154 e. The zero-order chi connectivity index (χ0) is 14.7. The van der Waals surface area contributed by atoms with Crippen molar-refractivity contribution >= 4 is 0 Å². The molecule has 2 fully saturated rings.